The summed E-state index contributed by atoms with van der Waals surface area (Å²) in [5.41, 5.74) is 6.08. The van der Waals surface area contributed by atoms with Gasteiger partial charge in [-0.05, 0) is 30.3 Å². The van der Waals surface area contributed by atoms with Gasteiger partial charge in [0.15, 0.2) is 0 Å². The van der Waals surface area contributed by atoms with Crippen LogP contribution in [0.2, 0.25) is 10.0 Å². The number of hydrogen-bond donors (Lipinski definition) is 2. The SMILES string of the molecule is Nc1cccc(Cl)c1NS(=O)(=O)c1ccc(Br)cc1Cl. The van der Waals surface area contributed by atoms with E-state index in [1.807, 2.05) is 0 Å². The summed E-state index contributed by atoms with van der Waals surface area (Å²) in [4.78, 5) is -0.0540. The van der Waals surface area contributed by atoms with Gasteiger partial charge >= 0.3 is 0 Å². The Labute approximate surface area is 135 Å². The van der Waals surface area contributed by atoms with Gasteiger partial charge in [-0.2, -0.15) is 0 Å². The number of nitrogens with two attached hydrogens (primary N) is 1. The van der Waals surface area contributed by atoms with Crippen LogP contribution in [0.3, 0.4) is 0 Å². The van der Waals surface area contributed by atoms with Crippen LogP contribution < -0.4 is 10.5 Å². The summed E-state index contributed by atoms with van der Waals surface area (Å²) in [6.07, 6.45) is 0. The zero-order valence-corrected chi connectivity index (χ0v) is 13.8. The fourth-order valence-electron chi connectivity index (χ4n) is 1.53. The van der Waals surface area contributed by atoms with E-state index in [0.29, 0.717) is 4.47 Å². The molecule has 2 rings (SSSR count). The minimum absolute atomic E-state index is 0.0540. The number of rotatable bonds is 3. The topological polar surface area (TPSA) is 72.2 Å². The fraction of sp³-hybridized carbons (Fsp3) is 0. The molecule has 0 heterocycles. The zero-order chi connectivity index (χ0) is 14.9. The van der Waals surface area contributed by atoms with Crippen LogP contribution >= 0.6 is 39.1 Å². The first-order chi connectivity index (χ1) is 9.31. The van der Waals surface area contributed by atoms with Crippen LogP contribution in [0.15, 0.2) is 45.8 Å². The largest absolute Gasteiger partial charge is 0.397 e. The second-order valence-corrected chi connectivity index (χ2v) is 7.27. The highest BCUT2D eigenvalue weighted by molar-refractivity contribution is 9.10. The van der Waals surface area contributed by atoms with Crippen molar-refractivity contribution in [1.82, 2.24) is 0 Å². The van der Waals surface area contributed by atoms with Crippen molar-refractivity contribution in [3.63, 3.8) is 0 Å². The molecule has 0 amide bonds. The first-order valence-corrected chi connectivity index (χ1v) is 8.36. The van der Waals surface area contributed by atoms with Crippen LogP contribution in [0.4, 0.5) is 11.4 Å². The van der Waals surface area contributed by atoms with E-state index < -0.39 is 10.0 Å². The Bertz CT molecular complexity index is 746. The minimum Gasteiger partial charge on any atom is -0.397 e. The van der Waals surface area contributed by atoms with E-state index in [1.54, 1.807) is 24.3 Å². The number of nitrogen functional groups attached to an aromatic ring is 1. The lowest BCUT2D eigenvalue weighted by molar-refractivity contribution is 0.601. The Morgan fingerprint density at radius 1 is 1.10 bits per heavy atom. The predicted molar refractivity (Wildman–Crippen MR) is 85.8 cm³/mol. The van der Waals surface area contributed by atoms with Crippen molar-refractivity contribution in [2.45, 2.75) is 4.90 Å². The molecule has 0 aromatic heterocycles. The first-order valence-electron chi connectivity index (χ1n) is 5.33. The Kier molecular flexibility index (Phi) is 4.49. The van der Waals surface area contributed by atoms with Crippen molar-refractivity contribution in [2.75, 3.05) is 10.5 Å². The molecular formula is C12H9BrCl2N2O2S. The lowest BCUT2D eigenvalue weighted by Crippen LogP contribution is -2.15. The van der Waals surface area contributed by atoms with Crippen LogP contribution in [0.5, 0.6) is 0 Å². The number of halogens is 3. The highest BCUT2D eigenvalue weighted by atomic mass is 79.9. The maximum atomic E-state index is 12.3. The van der Waals surface area contributed by atoms with Crippen LogP contribution in [-0.2, 0) is 10.0 Å². The Balaban J connectivity index is 2.46. The van der Waals surface area contributed by atoms with Gasteiger partial charge in [-0.1, -0.05) is 45.2 Å². The maximum absolute atomic E-state index is 12.3. The van der Waals surface area contributed by atoms with Crippen LogP contribution in [-0.4, -0.2) is 8.42 Å². The molecule has 2 aromatic carbocycles. The van der Waals surface area contributed by atoms with Crippen molar-refractivity contribution >= 4 is 60.5 Å². The minimum atomic E-state index is -3.87. The number of hydrogen-bond acceptors (Lipinski definition) is 3. The molecule has 8 heteroatoms. The third kappa shape index (κ3) is 3.20. The van der Waals surface area contributed by atoms with Crippen molar-refractivity contribution < 1.29 is 8.42 Å². The Morgan fingerprint density at radius 2 is 1.80 bits per heavy atom. The van der Waals surface area contributed by atoms with E-state index in [2.05, 4.69) is 20.7 Å². The van der Waals surface area contributed by atoms with Crippen molar-refractivity contribution in [3.8, 4) is 0 Å². The van der Waals surface area contributed by atoms with Gasteiger partial charge in [0.2, 0.25) is 0 Å². The number of para-hydroxylation sites is 1. The summed E-state index contributed by atoms with van der Waals surface area (Å²) in [7, 11) is -3.87. The summed E-state index contributed by atoms with van der Waals surface area (Å²) < 4.78 is 27.7. The molecule has 3 N–H and O–H groups in total. The molecule has 0 unspecified atom stereocenters. The number of anilines is 2. The highest BCUT2D eigenvalue weighted by Crippen LogP contribution is 2.32. The fourth-order valence-corrected chi connectivity index (χ4v) is 3.96. The van der Waals surface area contributed by atoms with E-state index in [0.717, 1.165) is 0 Å². The van der Waals surface area contributed by atoms with E-state index in [9.17, 15) is 8.42 Å². The molecule has 2 aromatic rings. The van der Waals surface area contributed by atoms with Crippen LogP contribution in [0.1, 0.15) is 0 Å². The van der Waals surface area contributed by atoms with Crippen molar-refractivity contribution in [2.24, 2.45) is 0 Å². The van der Waals surface area contributed by atoms with E-state index in [4.69, 9.17) is 28.9 Å². The zero-order valence-electron chi connectivity index (χ0n) is 9.90. The quantitative estimate of drug-likeness (QED) is 0.767. The maximum Gasteiger partial charge on any atom is 0.263 e. The summed E-state index contributed by atoms with van der Waals surface area (Å²) in [6, 6.07) is 9.18. The molecule has 106 valence electrons. The molecule has 0 aliphatic carbocycles. The van der Waals surface area contributed by atoms with E-state index in [1.165, 1.54) is 12.1 Å². The molecule has 0 atom stereocenters. The van der Waals surface area contributed by atoms with Crippen molar-refractivity contribution in [3.05, 3.63) is 50.9 Å². The molecule has 0 saturated heterocycles. The molecule has 0 bridgehead atoms. The second kappa shape index (κ2) is 5.81. The van der Waals surface area contributed by atoms with Gasteiger partial charge < -0.3 is 5.73 Å². The summed E-state index contributed by atoms with van der Waals surface area (Å²) in [6.45, 7) is 0. The Morgan fingerprint density at radius 3 is 2.40 bits per heavy atom. The smallest absolute Gasteiger partial charge is 0.263 e. The van der Waals surface area contributed by atoms with Gasteiger partial charge in [0.1, 0.15) is 4.90 Å². The summed E-state index contributed by atoms with van der Waals surface area (Å²) >= 11 is 15.1. The molecule has 0 aliphatic rings. The number of nitrogens with one attached hydrogen (secondary N) is 1. The molecule has 0 fully saturated rings. The van der Waals surface area contributed by atoms with Gasteiger partial charge in [-0.15, -0.1) is 0 Å². The van der Waals surface area contributed by atoms with Crippen LogP contribution in [0, 0.1) is 0 Å². The van der Waals surface area contributed by atoms with E-state index in [-0.39, 0.29) is 26.3 Å². The van der Waals surface area contributed by atoms with Gasteiger partial charge in [-0.25, -0.2) is 8.42 Å². The predicted octanol–water partition coefficient (Wildman–Crippen LogP) is 4.14. The summed E-state index contributed by atoms with van der Waals surface area (Å²) in [5, 5.41) is 0.305. The van der Waals surface area contributed by atoms with Crippen molar-refractivity contribution in [1.29, 1.82) is 0 Å². The van der Waals surface area contributed by atoms with Crippen LogP contribution in [0.25, 0.3) is 0 Å². The Hall–Kier alpha value is -0.950. The van der Waals surface area contributed by atoms with Gasteiger partial charge in [0.05, 0.1) is 21.4 Å². The molecular weight excluding hydrogens is 387 g/mol. The van der Waals surface area contributed by atoms with Gasteiger partial charge in [0, 0.05) is 4.47 Å². The second-order valence-electron chi connectivity index (χ2n) is 3.88. The average Bonchev–Trinajstić information content (AvgIpc) is 2.33. The molecule has 4 nitrogen and oxygen atoms in total. The molecule has 0 spiro atoms. The molecule has 0 aliphatic heterocycles. The third-order valence-corrected chi connectivity index (χ3v) is 5.11. The van der Waals surface area contributed by atoms with Gasteiger partial charge in [-0.3, -0.25) is 4.72 Å². The highest BCUT2D eigenvalue weighted by Gasteiger charge is 2.20. The van der Waals surface area contributed by atoms with Gasteiger partial charge in [0.25, 0.3) is 10.0 Å². The molecule has 0 saturated carbocycles. The molecule has 0 radical (unpaired) electrons. The number of sulfonamides is 1. The third-order valence-electron chi connectivity index (χ3n) is 2.47. The lowest BCUT2D eigenvalue weighted by atomic mass is 10.3. The first kappa shape index (κ1) is 15.4. The normalized spacial score (nSPS) is 11.3. The summed E-state index contributed by atoms with van der Waals surface area (Å²) in [5.74, 6) is 0. The monoisotopic (exact) mass is 394 g/mol. The average molecular weight is 396 g/mol. The van der Waals surface area contributed by atoms with E-state index >= 15 is 0 Å². The standard InChI is InChI=1S/C12H9BrCl2N2O2S/c13-7-4-5-11(9(15)6-7)20(18,19)17-12-8(14)2-1-3-10(12)16/h1-6,17H,16H2. The molecule has 20 heavy (non-hydrogen) atoms. The number of benzene rings is 2. The lowest BCUT2D eigenvalue weighted by Gasteiger charge is -2.12.